The number of hydrogen-bond donors (Lipinski definition) is 1. The van der Waals surface area contributed by atoms with Crippen LogP contribution in [0.4, 0.5) is 5.69 Å². The van der Waals surface area contributed by atoms with Crippen molar-refractivity contribution in [2.24, 2.45) is 0 Å². The summed E-state index contributed by atoms with van der Waals surface area (Å²) in [5, 5.41) is 1.02. The molecule has 2 aromatic carbocycles. The second-order valence-electron chi connectivity index (χ2n) is 6.55. The Balaban J connectivity index is 1.83. The molecule has 3 heterocycles. The molecule has 0 aliphatic carbocycles. The van der Waals surface area contributed by atoms with Gasteiger partial charge in [0.25, 0.3) is 0 Å². The van der Waals surface area contributed by atoms with Crippen molar-refractivity contribution in [1.29, 1.82) is 0 Å². The Hall–Kier alpha value is -3.50. The van der Waals surface area contributed by atoms with Crippen LogP contribution >= 0.6 is 11.3 Å². The molecule has 0 spiro atoms. The Bertz CT molecular complexity index is 1250. The Kier molecular flexibility index (Phi) is 4.11. The van der Waals surface area contributed by atoms with Gasteiger partial charge < -0.3 is 5.73 Å². The molecule has 0 aliphatic rings. The van der Waals surface area contributed by atoms with Crippen LogP contribution < -0.4 is 5.73 Å². The van der Waals surface area contributed by atoms with Gasteiger partial charge in [0, 0.05) is 23.3 Å². The van der Waals surface area contributed by atoms with Gasteiger partial charge in [-0.15, -0.1) is 11.3 Å². The third kappa shape index (κ3) is 2.84. The van der Waals surface area contributed by atoms with Crippen molar-refractivity contribution in [1.82, 2.24) is 9.97 Å². The normalized spacial score (nSPS) is 11.0. The minimum atomic E-state index is 0.775. The monoisotopic (exact) mass is 379 g/mol. The predicted octanol–water partition coefficient (Wildman–Crippen LogP) is 6.27. The van der Waals surface area contributed by atoms with E-state index in [4.69, 9.17) is 10.7 Å². The lowest BCUT2D eigenvalue weighted by Gasteiger charge is -2.09. The van der Waals surface area contributed by atoms with Crippen molar-refractivity contribution >= 4 is 27.2 Å². The number of rotatable bonds is 3. The summed E-state index contributed by atoms with van der Waals surface area (Å²) in [4.78, 5) is 11.1. The van der Waals surface area contributed by atoms with Crippen molar-refractivity contribution in [3.8, 4) is 32.8 Å². The summed E-state index contributed by atoms with van der Waals surface area (Å²) in [6.45, 7) is 0. The van der Waals surface area contributed by atoms with E-state index >= 15 is 0 Å². The molecule has 5 rings (SSSR count). The Morgan fingerprint density at radius 1 is 0.714 bits per heavy atom. The number of benzene rings is 2. The molecular weight excluding hydrogens is 362 g/mol. The summed E-state index contributed by atoms with van der Waals surface area (Å²) in [5.74, 6) is 0. The number of aromatic nitrogens is 2. The molecule has 0 fully saturated rings. The van der Waals surface area contributed by atoms with E-state index in [0.29, 0.717) is 0 Å². The molecule has 3 nitrogen and oxygen atoms in total. The highest BCUT2D eigenvalue weighted by molar-refractivity contribution is 7.22. The molecule has 2 N–H and O–H groups in total. The van der Waals surface area contributed by atoms with Gasteiger partial charge in [-0.1, -0.05) is 60.7 Å². The van der Waals surface area contributed by atoms with Crippen LogP contribution in [0.1, 0.15) is 0 Å². The Labute approximate surface area is 167 Å². The first-order valence-electron chi connectivity index (χ1n) is 9.05. The molecule has 0 aliphatic heterocycles. The van der Waals surface area contributed by atoms with Crippen LogP contribution in [0.2, 0.25) is 0 Å². The fraction of sp³-hybridized carbons (Fsp3) is 0. The first kappa shape index (κ1) is 16.7. The van der Waals surface area contributed by atoms with E-state index < -0.39 is 0 Å². The largest absolute Gasteiger partial charge is 0.397 e. The van der Waals surface area contributed by atoms with Gasteiger partial charge in [-0.3, -0.25) is 4.98 Å². The smallest absolute Gasteiger partial charge is 0.127 e. The average molecular weight is 379 g/mol. The van der Waals surface area contributed by atoms with Crippen LogP contribution in [0.5, 0.6) is 0 Å². The fourth-order valence-electron chi connectivity index (χ4n) is 3.44. The molecule has 5 aromatic rings. The SMILES string of the molecule is Nc1c(-c2ccncc2)sc2nc(-c3ccccc3)cc(-c3ccccc3)c12. The molecule has 0 bridgehead atoms. The maximum atomic E-state index is 6.65. The number of fused-ring (bicyclic) bond motifs is 1. The molecule has 28 heavy (non-hydrogen) atoms. The van der Waals surface area contributed by atoms with Crippen LogP contribution in [-0.4, -0.2) is 9.97 Å². The van der Waals surface area contributed by atoms with Crippen LogP contribution in [-0.2, 0) is 0 Å². The highest BCUT2D eigenvalue weighted by Crippen LogP contribution is 2.45. The first-order valence-corrected chi connectivity index (χ1v) is 9.87. The predicted molar refractivity (Wildman–Crippen MR) is 118 cm³/mol. The topological polar surface area (TPSA) is 51.8 Å². The summed E-state index contributed by atoms with van der Waals surface area (Å²) in [6.07, 6.45) is 3.58. The zero-order valence-electron chi connectivity index (χ0n) is 15.0. The highest BCUT2D eigenvalue weighted by Gasteiger charge is 2.18. The molecule has 3 aromatic heterocycles. The Morgan fingerprint density at radius 2 is 1.36 bits per heavy atom. The average Bonchev–Trinajstić information content (AvgIpc) is 3.11. The standard InChI is InChI=1S/C24H17N3S/c25-22-21-19(16-7-3-1-4-8-16)15-20(17-9-5-2-6-10-17)27-24(21)28-23(22)18-11-13-26-14-12-18/h1-15H,25H2. The zero-order chi connectivity index (χ0) is 18.9. The number of nitrogen functional groups attached to an aromatic ring is 1. The van der Waals surface area contributed by atoms with Crippen molar-refractivity contribution in [2.75, 3.05) is 5.73 Å². The van der Waals surface area contributed by atoms with E-state index in [0.717, 1.165) is 48.7 Å². The van der Waals surface area contributed by atoms with Gasteiger partial charge in [-0.2, -0.15) is 0 Å². The third-order valence-corrected chi connectivity index (χ3v) is 5.94. The molecule has 0 saturated heterocycles. The molecular formula is C24H17N3S. The van der Waals surface area contributed by atoms with E-state index in [1.807, 2.05) is 36.4 Å². The zero-order valence-corrected chi connectivity index (χ0v) is 15.9. The van der Waals surface area contributed by atoms with Crippen molar-refractivity contribution in [2.45, 2.75) is 0 Å². The molecule has 0 amide bonds. The minimum absolute atomic E-state index is 0.775. The van der Waals surface area contributed by atoms with E-state index in [9.17, 15) is 0 Å². The summed E-state index contributed by atoms with van der Waals surface area (Å²) < 4.78 is 0. The van der Waals surface area contributed by atoms with E-state index in [-0.39, 0.29) is 0 Å². The summed E-state index contributed by atoms with van der Waals surface area (Å²) in [6, 6.07) is 26.8. The van der Waals surface area contributed by atoms with Crippen LogP contribution in [0.25, 0.3) is 43.0 Å². The van der Waals surface area contributed by atoms with Crippen LogP contribution in [0.3, 0.4) is 0 Å². The lowest BCUT2D eigenvalue weighted by atomic mass is 9.99. The van der Waals surface area contributed by atoms with Gasteiger partial charge in [-0.05, 0) is 34.9 Å². The second kappa shape index (κ2) is 6.91. The lowest BCUT2D eigenvalue weighted by molar-refractivity contribution is 1.33. The van der Waals surface area contributed by atoms with E-state index in [1.165, 1.54) is 0 Å². The number of anilines is 1. The van der Waals surface area contributed by atoms with Gasteiger partial charge >= 0.3 is 0 Å². The summed E-state index contributed by atoms with van der Waals surface area (Å²) in [7, 11) is 0. The molecule has 0 saturated carbocycles. The lowest BCUT2D eigenvalue weighted by Crippen LogP contribution is -1.91. The summed E-state index contributed by atoms with van der Waals surface area (Å²) in [5.41, 5.74) is 12.8. The highest BCUT2D eigenvalue weighted by atomic mass is 32.1. The minimum Gasteiger partial charge on any atom is -0.397 e. The van der Waals surface area contributed by atoms with E-state index in [2.05, 4.69) is 47.4 Å². The van der Waals surface area contributed by atoms with E-state index in [1.54, 1.807) is 23.7 Å². The van der Waals surface area contributed by atoms with Crippen LogP contribution in [0.15, 0.2) is 91.3 Å². The fourth-order valence-corrected chi connectivity index (χ4v) is 4.57. The molecule has 0 radical (unpaired) electrons. The van der Waals surface area contributed by atoms with Crippen molar-refractivity contribution in [3.63, 3.8) is 0 Å². The van der Waals surface area contributed by atoms with Gasteiger partial charge in [0.15, 0.2) is 0 Å². The maximum absolute atomic E-state index is 6.65. The van der Waals surface area contributed by atoms with Gasteiger partial charge in [0.2, 0.25) is 0 Å². The number of nitrogens with two attached hydrogens (primary N) is 1. The molecule has 4 heteroatoms. The maximum Gasteiger partial charge on any atom is 0.127 e. The van der Waals surface area contributed by atoms with Gasteiger partial charge in [0.05, 0.1) is 16.3 Å². The Morgan fingerprint density at radius 3 is 2.04 bits per heavy atom. The van der Waals surface area contributed by atoms with Crippen molar-refractivity contribution in [3.05, 3.63) is 91.3 Å². The molecule has 134 valence electrons. The van der Waals surface area contributed by atoms with Crippen molar-refractivity contribution < 1.29 is 0 Å². The second-order valence-corrected chi connectivity index (χ2v) is 7.55. The number of hydrogen-bond acceptors (Lipinski definition) is 4. The number of thiophene rings is 1. The number of nitrogens with zero attached hydrogens (tertiary/aromatic N) is 2. The van der Waals surface area contributed by atoms with Crippen LogP contribution in [0, 0.1) is 0 Å². The quantitative estimate of drug-likeness (QED) is 0.402. The first-order chi connectivity index (χ1) is 13.8. The number of pyridine rings is 2. The summed E-state index contributed by atoms with van der Waals surface area (Å²) >= 11 is 1.63. The molecule has 0 unspecified atom stereocenters. The van der Waals surface area contributed by atoms with Gasteiger partial charge in [0.1, 0.15) is 4.83 Å². The van der Waals surface area contributed by atoms with Gasteiger partial charge in [-0.25, -0.2) is 4.98 Å². The molecule has 0 atom stereocenters. The third-order valence-electron chi connectivity index (χ3n) is 4.80.